The zero-order valence-electron chi connectivity index (χ0n) is 20.8. The van der Waals surface area contributed by atoms with E-state index in [0.717, 1.165) is 13.0 Å². The van der Waals surface area contributed by atoms with Gasteiger partial charge in [0.1, 0.15) is 18.1 Å². The maximum Gasteiger partial charge on any atom is 0.326 e. The van der Waals surface area contributed by atoms with Gasteiger partial charge in [-0.2, -0.15) is 11.8 Å². The summed E-state index contributed by atoms with van der Waals surface area (Å²) in [5.41, 5.74) is 10.7. The van der Waals surface area contributed by atoms with Crippen LogP contribution < -0.4 is 32.7 Å². The maximum absolute atomic E-state index is 13.2. The van der Waals surface area contributed by atoms with Crippen molar-refractivity contribution in [2.75, 3.05) is 25.1 Å². The molecule has 1 saturated heterocycles. The van der Waals surface area contributed by atoms with Crippen molar-refractivity contribution in [1.29, 1.82) is 0 Å². The van der Waals surface area contributed by atoms with E-state index >= 15 is 0 Å². The molecule has 1 rings (SSSR count). The molecule has 1 aliphatic rings. The fourth-order valence-corrected chi connectivity index (χ4v) is 4.14. The minimum atomic E-state index is -1.13. The van der Waals surface area contributed by atoms with Crippen molar-refractivity contribution >= 4 is 41.4 Å². The number of amides is 3. The number of aliphatic carboxylic acids is 1. The molecule has 0 aromatic heterocycles. The summed E-state index contributed by atoms with van der Waals surface area (Å²) in [6.45, 7) is 4.61. The van der Waals surface area contributed by atoms with Crippen molar-refractivity contribution in [1.82, 2.24) is 21.3 Å². The molecule has 0 saturated carbocycles. The Morgan fingerprint density at radius 3 is 2.31 bits per heavy atom. The number of aliphatic imine (C=N–C) groups is 1. The van der Waals surface area contributed by atoms with Crippen molar-refractivity contribution in [2.45, 2.75) is 76.5 Å². The Morgan fingerprint density at radius 1 is 1.11 bits per heavy atom. The molecule has 1 fully saturated rings. The van der Waals surface area contributed by atoms with Gasteiger partial charge in [-0.05, 0) is 56.6 Å². The van der Waals surface area contributed by atoms with Crippen LogP contribution >= 0.6 is 11.8 Å². The van der Waals surface area contributed by atoms with Crippen LogP contribution in [0.2, 0.25) is 0 Å². The summed E-state index contributed by atoms with van der Waals surface area (Å²) in [5, 5.41) is 20.7. The minimum absolute atomic E-state index is 0.0618. The number of carboxylic acid groups (broad SMARTS) is 1. The number of nitrogens with two attached hydrogens (primary N) is 2. The number of nitrogens with zero attached hydrogens (tertiary/aromatic N) is 1. The first-order valence-corrected chi connectivity index (χ1v) is 13.4. The lowest BCUT2D eigenvalue weighted by atomic mass is 9.98. The molecule has 12 nitrogen and oxygen atoms in total. The smallest absolute Gasteiger partial charge is 0.326 e. The lowest BCUT2D eigenvalue weighted by Gasteiger charge is -2.26. The number of hydrogen-bond acceptors (Lipinski definition) is 7. The van der Waals surface area contributed by atoms with E-state index in [-0.39, 0.29) is 36.8 Å². The molecule has 0 bridgehead atoms. The van der Waals surface area contributed by atoms with Crippen LogP contribution in [0.15, 0.2) is 4.99 Å². The van der Waals surface area contributed by atoms with E-state index in [1.807, 2.05) is 13.2 Å². The van der Waals surface area contributed by atoms with Crippen molar-refractivity contribution in [3.8, 4) is 0 Å². The van der Waals surface area contributed by atoms with Gasteiger partial charge in [0.2, 0.25) is 17.7 Å². The fourth-order valence-electron chi connectivity index (χ4n) is 3.67. The summed E-state index contributed by atoms with van der Waals surface area (Å²) in [5.74, 6) is -2.26. The highest BCUT2D eigenvalue weighted by atomic mass is 32.2. The second-order valence-electron chi connectivity index (χ2n) is 8.71. The van der Waals surface area contributed by atoms with Gasteiger partial charge in [0.05, 0.1) is 6.04 Å². The molecule has 1 aliphatic heterocycles. The van der Waals surface area contributed by atoms with Crippen LogP contribution in [0.25, 0.3) is 0 Å². The van der Waals surface area contributed by atoms with E-state index in [2.05, 4.69) is 26.3 Å². The van der Waals surface area contributed by atoms with E-state index in [1.165, 1.54) is 11.8 Å². The van der Waals surface area contributed by atoms with Gasteiger partial charge < -0.3 is 37.8 Å². The first-order valence-electron chi connectivity index (χ1n) is 12.0. The topological polar surface area (TPSA) is 201 Å². The Morgan fingerprint density at radius 2 is 1.77 bits per heavy atom. The summed E-state index contributed by atoms with van der Waals surface area (Å²) >= 11 is 1.50. The van der Waals surface area contributed by atoms with Gasteiger partial charge in [-0.3, -0.25) is 19.4 Å². The molecule has 200 valence electrons. The van der Waals surface area contributed by atoms with Crippen LogP contribution in [0, 0.1) is 5.92 Å². The van der Waals surface area contributed by atoms with Crippen molar-refractivity contribution in [3.63, 3.8) is 0 Å². The van der Waals surface area contributed by atoms with Crippen molar-refractivity contribution < 1.29 is 24.3 Å². The SMILES string of the molecule is CCC(C)C(NC(=O)C(CCSC)NC(=O)C(CCCN=C(N)N)NC(=O)C1CCCN1)C(=O)O. The van der Waals surface area contributed by atoms with E-state index in [1.54, 1.807) is 6.92 Å². The third kappa shape index (κ3) is 11.2. The number of hydrogen-bond donors (Lipinski definition) is 7. The number of carbonyl (C=O) groups is 4. The number of carboxylic acids is 1. The molecule has 5 unspecified atom stereocenters. The second kappa shape index (κ2) is 16.2. The molecule has 0 aliphatic carbocycles. The Hall–Kier alpha value is -2.54. The summed E-state index contributed by atoms with van der Waals surface area (Å²) < 4.78 is 0. The van der Waals surface area contributed by atoms with Gasteiger partial charge in [-0.15, -0.1) is 0 Å². The van der Waals surface area contributed by atoms with Crippen LogP contribution in [-0.2, 0) is 19.2 Å². The first kappa shape index (κ1) is 30.5. The van der Waals surface area contributed by atoms with E-state index in [9.17, 15) is 24.3 Å². The summed E-state index contributed by atoms with van der Waals surface area (Å²) in [7, 11) is 0. The molecule has 0 aromatic rings. The lowest BCUT2D eigenvalue weighted by molar-refractivity contribution is -0.143. The van der Waals surface area contributed by atoms with Crippen LogP contribution in [0.5, 0.6) is 0 Å². The van der Waals surface area contributed by atoms with Crippen LogP contribution in [0.1, 0.15) is 52.4 Å². The molecule has 13 heteroatoms. The summed E-state index contributed by atoms with van der Waals surface area (Å²) in [4.78, 5) is 54.4. The van der Waals surface area contributed by atoms with E-state index < -0.39 is 35.9 Å². The van der Waals surface area contributed by atoms with Gasteiger partial charge >= 0.3 is 5.97 Å². The standard InChI is InChI=1S/C22H41N7O5S/c1-4-13(2)17(21(33)34)29-20(32)16(9-12-35-3)28-19(31)15(8-6-11-26-22(23)24)27-18(30)14-7-5-10-25-14/h13-17,25H,4-12H2,1-3H3,(H,27,30)(H,28,31)(H,29,32)(H,33,34)(H4,23,24,26). The average molecular weight is 516 g/mol. The van der Waals surface area contributed by atoms with Gasteiger partial charge in [-0.25, -0.2) is 4.79 Å². The van der Waals surface area contributed by atoms with Gasteiger partial charge in [0.15, 0.2) is 5.96 Å². The first-order chi connectivity index (χ1) is 16.6. The minimum Gasteiger partial charge on any atom is -0.480 e. The van der Waals surface area contributed by atoms with Crippen molar-refractivity contribution in [2.24, 2.45) is 22.4 Å². The molecule has 0 aromatic carbocycles. The molecule has 35 heavy (non-hydrogen) atoms. The Bertz CT molecular complexity index is 742. The normalized spacial score (nSPS) is 18.5. The molecule has 5 atom stereocenters. The largest absolute Gasteiger partial charge is 0.480 e. The highest BCUT2D eigenvalue weighted by molar-refractivity contribution is 7.98. The lowest BCUT2D eigenvalue weighted by Crippen LogP contribution is -2.57. The molecule has 1 heterocycles. The highest BCUT2D eigenvalue weighted by Crippen LogP contribution is 2.11. The molecule has 9 N–H and O–H groups in total. The van der Waals surface area contributed by atoms with Gasteiger partial charge in [-0.1, -0.05) is 20.3 Å². The Balaban J connectivity index is 2.95. The number of carbonyl (C=O) groups excluding carboxylic acids is 3. The zero-order chi connectivity index (χ0) is 26.4. The predicted octanol–water partition coefficient (Wildman–Crippen LogP) is -0.870. The zero-order valence-corrected chi connectivity index (χ0v) is 21.7. The molecule has 0 radical (unpaired) electrons. The van der Waals surface area contributed by atoms with E-state index in [0.29, 0.717) is 31.4 Å². The van der Waals surface area contributed by atoms with Crippen molar-refractivity contribution in [3.05, 3.63) is 0 Å². The second-order valence-corrected chi connectivity index (χ2v) is 9.70. The van der Waals surface area contributed by atoms with Crippen LogP contribution in [0.4, 0.5) is 0 Å². The average Bonchev–Trinajstić information content (AvgIpc) is 3.36. The summed E-state index contributed by atoms with van der Waals surface area (Å²) in [6, 6.07) is -3.27. The molecular formula is C22H41N7O5S. The van der Waals surface area contributed by atoms with Gasteiger partial charge in [0, 0.05) is 6.54 Å². The molecule has 0 spiro atoms. The van der Waals surface area contributed by atoms with Gasteiger partial charge in [0.25, 0.3) is 0 Å². The molecule has 3 amide bonds. The maximum atomic E-state index is 13.2. The van der Waals surface area contributed by atoms with Crippen LogP contribution in [-0.4, -0.2) is 84.0 Å². The Labute approximate surface area is 211 Å². The number of rotatable bonds is 16. The quantitative estimate of drug-likeness (QED) is 0.0775. The monoisotopic (exact) mass is 515 g/mol. The number of nitrogens with one attached hydrogen (secondary N) is 4. The Kier molecular flexibility index (Phi) is 14.1. The third-order valence-electron chi connectivity index (χ3n) is 5.98. The molecular weight excluding hydrogens is 474 g/mol. The highest BCUT2D eigenvalue weighted by Gasteiger charge is 2.32. The van der Waals surface area contributed by atoms with E-state index in [4.69, 9.17) is 11.5 Å². The fraction of sp³-hybridized carbons (Fsp3) is 0.773. The predicted molar refractivity (Wildman–Crippen MR) is 137 cm³/mol. The van der Waals surface area contributed by atoms with Crippen LogP contribution in [0.3, 0.4) is 0 Å². The number of thioether (sulfide) groups is 1. The number of guanidine groups is 1. The third-order valence-corrected chi connectivity index (χ3v) is 6.62. The summed E-state index contributed by atoms with van der Waals surface area (Å²) in [6.07, 6.45) is 5.00.